The van der Waals surface area contributed by atoms with E-state index in [9.17, 15) is 0 Å². The first-order chi connectivity index (χ1) is 7.43. The fraction of sp³-hybridized carbons (Fsp3) is 0.444. The third kappa shape index (κ3) is 1.65. The second-order valence-corrected chi connectivity index (χ2v) is 4.69. The summed E-state index contributed by atoms with van der Waals surface area (Å²) in [6, 6.07) is 0.519. The van der Waals surface area contributed by atoms with Crippen LogP contribution in [0.3, 0.4) is 0 Å². The number of anilines is 1. The summed E-state index contributed by atoms with van der Waals surface area (Å²) in [4.78, 5) is 4.30. The van der Waals surface area contributed by atoms with Crippen molar-refractivity contribution in [2.75, 3.05) is 16.8 Å². The predicted molar refractivity (Wildman–Crippen MR) is 60.1 cm³/mol. The van der Waals surface area contributed by atoms with Gasteiger partial charge in [-0.2, -0.15) is 11.8 Å². The van der Waals surface area contributed by atoms with Crippen LogP contribution in [0, 0.1) is 0 Å². The van der Waals surface area contributed by atoms with Crippen molar-refractivity contribution in [2.24, 2.45) is 0 Å². The molecule has 5 nitrogen and oxygen atoms in total. The van der Waals surface area contributed by atoms with Crippen LogP contribution in [0.15, 0.2) is 18.7 Å². The number of rotatable bonds is 2. The molecular formula is C9H11N5S. The first-order valence-electron chi connectivity index (χ1n) is 4.92. The largest absolute Gasteiger partial charge is 0.363 e. The van der Waals surface area contributed by atoms with Crippen LogP contribution in [0.4, 0.5) is 5.82 Å². The molecular weight excluding hydrogens is 210 g/mol. The van der Waals surface area contributed by atoms with E-state index in [0.29, 0.717) is 6.04 Å². The van der Waals surface area contributed by atoms with Crippen LogP contribution in [-0.2, 0) is 0 Å². The van der Waals surface area contributed by atoms with Gasteiger partial charge in [0.25, 0.3) is 0 Å². The van der Waals surface area contributed by atoms with E-state index in [0.717, 1.165) is 17.2 Å². The van der Waals surface area contributed by atoms with Crippen LogP contribution in [0.25, 0.3) is 5.65 Å². The molecule has 0 bridgehead atoms. The third-order valence-electron chi connectivity index (χ3n) is 2.49. The smallest absolute Gasteiger partial charge is 0.203 e. The van der Waals surface area contributed by atoms with Gasteiger partial charge in [0.05, 0.1) is 0 Å². The molecule has 1 aliphatic heterocycles. The highest BCUT2D eigenvalue weighted by Crippen LogP contribution is 2.21. The van der Waals surface area contributed by atoms with Gasteiger partial charge in [-0.1, -0.05) is 0 Å². The van der Waals surface area contributed by atoms with Gasteiger partial charge in [-0.3, -0.25) is 4.40 Å². The molecule has 1 saturated heterocycles. The van der Waals surface area contributed by atoms with Crippen LogP contribution in [0.5, 0.6) is 0 Å². The second-order valence-electron chi connectivity index (χ2n) is 3.54. The van der Waals surface area contributed by atoms with E-state index in [1.807, 2.05) is 22.4 Å². The van der Waals surface area contributed by atoms with Crippen molar-refractivity contribution in [3.05, 3.63) is 18.7 Å². The zero-order valence-corrected chi connectivity index (χ0v) is 8.94. The molecule has 1 fully saturated rings. The monoisotopic (exact) mass is 221 g/mol. The SMILES string of the molecule is c1cn2cnnc2c(NC2CCSC2)n1. The molecule has 0 spiro atoms. The minimum atomic E-state index is 0.519. The summed E-state index contributed by atoms with van der Waals surface area (Å²) >= 11 is 1.98. The Morgan fingerprint density at radius 1 is 1.53 bits per heavy atom. The zero-order valence-electron chi connectivity index (χ0n) is 8.13. The Kier molecular flexibility index (Phi) is 2.21. The molecule has 6 heteroatoms. The first-order valence-corrected chi connectivity index (χ1v) is 6.07. The van der Waals surface area contributed by atoms with E-state index in [-0.39, 0.29) is 0 Å². The summed E-state index contributed by atoms with van der Waals surface area (Å²) in [5, 5.41) is 11.3. The van der Waals surface area contributed by atoms with Gasteiger partial charge in [-0.25, -0.2) is 4.98 Å². The molecule has 0 radical (unpaired) electrons. The molecule has 0 saturated carbocycles. The maximum absolute atomic E-state index is 4.30. The lowest BCUT2D eigenvalue weighted by molar-refractivity contribution is 0.806. The highest BCUT2D eigenvalue weighted by atomic mass is 32.2. The van der Waals surface area contributed by atoms with Crippen molar-refractivity contribution >= 4 is 23.2 Å². The van der Waals surface area contributed by atoms with Crippen molar-refractivity contribution in [3.8, 4) is 0 Å². The normalized spacial score (nSPS) is 20.9. The Bertz CT molecular complexity index is 462. The first kappa shape index (κ1) is 8.96. The summed E-state index contributed by atoms with van der Waals surface area (Å²) in [6.07, 6.45) is 6.50. The molecule has 2 aromatic rings. The highest BCUT2D eigenvalue weighted by Gasteiger charge is 2.17. The van der Waals surface area contributed by atoms with Gasteiger partial charge in [0, 0.05) is 24.2 Å². The lowest BCUT2D eigenvalue weighted by Gasteiger charge is -2.11. The topological polar surface area (TPSA) is 55.1 Å². The van der Waals surface area contributed by atoms with Crippen LogP contribution < -0.4 is 5.32 Å². The number of thioether (sulfide) groups is 1. The Balaban J connectivity index is 1.92. The van der Waals surface area contributed by atoms with E-state index >= 15 is 0 Å². The molecule has 78 valence electrons. The molecule has 3 rings (SSSR count). The van der Waals surface area contributed by atoms with Gasteiger partial charge < -0.3 is 5.32 Å². The fourth-order valence-electron chi connectivity index (χ4n) is 1.70. The van der Waals surface area contributed by atoms with Crippen molar-refractivity contribution in [1.82, 2.24) is 19.6 Å². The molecule has 3 heterocycles. The molecule has 0 aromatic carbocycles. The molecule has 15 heavy (non-hydrogen) atoms. The fourth-order valence-corrected chi connectivity index (χ4v) is 2.85. The van der Waals surface area contributed by atoms with Crippen LogP contribution >= 0.6 is 11.8 Å². The Hall–Kier alpha value is -1.30. The number of aromatic nitrogens is 4. The molecule has 2 aromatic heterocycles. The van der Waals surface area contributed by atoms with E-state index in [4.69, 9.17) is 0 Å². The van der Waals surface area contributed by atoms with Crippen molar-refractivity contribution in [1.29, 1.82) is 0 Å². The molecule has 0 amide bonds. The minimum Gasteiger partial charge on any atom is -0.363 e. The number of nitrogens with zero attached hydrogens (tertiary/aromatic N) is 4. The summed E-state index contributed by atoms with van der Waals surface area (Å²) in [7, 11) is 0. The van der Waals surface area contributed by atoms with Gasteiger partial charge in [0.15, 0.2) is 5.82 Å². The van der Waals surface area contributed by atoms with E-state index in [1.54, 1.807) is 12.5 Å². The average Bonchev–Trinajstić information content (AvgIpc) is 2.87. The van der Waals surface area contributed by atoms with Crippen LogP contribution in [-0.4, -0.2) is 37.1 Å². The van der Waals surface area contributed by atoms with Crippen molar-refractivity contribution in [2.45, 2.75) is 12.5 Å². The zero-order chi connectivity index (χ0) is 10.1. The van der Waals surface area contributed by atoms with Gasteiger partial charge >= 0.3 is 0 Å². The lowest BCUT2D eigenvalue weighted by Crippen LogP contribution is -2.19. The summed E-state index contributed by atoms with van der Waals surface area (Å²) in [5.41, 5.74) is 0.800. The molecule has 0 aliphatic carbocycles. The second kappa shape index (κ2) is 3.69. The van der Waals surface area contributed by atoms with Gasteiger partial charge in [0.1, 0.15) is 6.33 Å². The molecule has 1 N–H and O–H groups in total. The average molecular weight is 221 g/mol. The van der Waals surface area contributed by atoms with Gasteiger partial charge in [0.2, 0.25) is 5.65 Å². The van der Waals surface area contributed by atoms with Crippen LogP contribution in [0.2, 0.25) is 0 Å². The van der Waals surface area contributed by atoms with E-state index in [2.05, 4.69) is 20.5 Å². The number of hydrogen-bond acceptors (Lipinski definition) is 5. The van der Waals surface area contributed by atoms with Crippen molar-refractivity contribution in [3.63, 3.8) is 0 Å². The minimum absolute atomic E-state index is 0.519. The number of nitrogens with one attached hydrogen (secondary N) is 1. The van der Waals surface area contributed by atoms with E-state index in [1.165, 1.54) is 12.2 Å². The predicted octanol–water partition coefficient (Wildman–Crippen LogP) is 1.04. The molecule has 1 unspecified atom stereocenters. The Morgan fingerprint density at radius 3 is 3.40 bits per heavy atom. The van der Waals surface area contributed by atoms with E-state index < -0.39 is 0 Å². The maximum Gasteiger partial charge on any atom is 0.203 e. The Labute approximate surface area is 91.3 Å². The quantitative estimate of drug-likeness (QED) is 0.821. The van der Waals surface area contributed by atoms with Crippen LogP contribution in [0.1, 0.15) is 6.42 Å². The summed E-state index contributed by atoms with van der Waals surface area (Å²) in [6.45, 7) is 0. The third-order valence-corrected chi connectivity index (χ3v) is 3.65. The summed E-state index contributed by atoms with van der Waals surface area (Å²) in [5.74, 6) is 3.21. The molecule has 1 atom stereocenters. The Morgan fingerprint density at radius 2 is 2.53 bits per heavy atom. The highest BCUT2D eigenvalue weighted by molar-refractivity contribution is 7.99. The number of hydrogen-bond donors (Lipinski definition) is 1. The number of fused-ring (bicyclic) bond motifs is 1. The maximum atomic E-state index is 4.30. The molecule has 1 aliphatic rings. The van der Waals surface area contributed by atoms with Crippen molar-refractivity contribution < 1.29 is 0 Å². The van der Waals surface area contributed by atoms with Gasteiger partial charge in [-0.05, 0) is 12.2 Å². The van der Waals surface area contributed by atoms with Gasteiger partial charge in [-0.15, -0.1) is 10.2 Å². The lowest BCUT2D eigenvalue weighted by atomic mass is 10.2. The summed E-state index contributed by atoms with van der Waals surface area (Å²) < 4.78 is 1.87. The standard InChI is InChI=1S/C9H11N5S/c1-4-15-5-7(1)12-8-9-13-11-6-14(9)3-2-10-8/h2-3,6-7H,1,4-5H2,(H,10,12).